The van der Waals surface area contributed by atoms with Crippen molar-refractivity contribution in [3.05, 3.63) is 17.7 Å². The number of rotatable bonds is 5. The third-order valence-corrected chi connectivity index (χ3v) is 2.00. The third kappa shape index (κ3) is 2.78. The molecule has 4 N–H and O–H groups in total. The molecule has 0 amide bonds. The van der Waals surface area contributed by atoms with E-state index in [9.17, 15) is 0 Å². The van der Waals surface area contributed by atoms with Gasteiger partial charge < -0.3 is 29.9 Å². The van der Waals surface area contributed by atoms with Crippen molar-refractivity contribution in [2.45, 2.75) is 6.54 Å². The average Bonchev–Trinajstić information content (AvgIpc) is 2.28. The van der Waals surface area contributed by atoms with Gasteiger partial charge in [0.25, 0.3) is 0 Å². The number of hydrogen-bond donors (Lipinski definition) is 3. The quantitative estimate of drug-likeness (QED) is 0.587. The summed E-state index contributed by atoms with van der Waals surface area (Å²) in [6.07, 6.45) is 0. The van der Waals surface area contributed by atoms with E-state index in [1.54, 1.807) is 12.1 Å². The van der Waals surface area contributed by atoms with E-state index in [0.29, 0.717) is 17.1 Å². The Balaban J connectivity index is 3.20. The van der Waals surface area contributed by atoms with Gasteiger partial charge in [0.05, 0.1) is 14.2 Å². The molecule has 1 aromatic rings. The predicted molar refractivity (Wildman–Crippen MR) is 58.3 cm³/mol. The summed E-state index contributed by atoms with van der Waals surface area (Å²) in [6.45, 7) is 0.162. The first-order valence-corrected chi connectivity index (χ1v) is 4.60. The molecule has 0 aliphatic carbocycles. The van der Waals surface area contributed by atoms with Crippen LogP contribution >= 0.6 is 0 Å². The van der Waals surface area contributed by atoms with E-state index < -0.39 is 7.32 Å². The maximum absolute atomic E-state index is 8.78. The smallest absolute Gasteiger partial charge is 0.509 e. The zero-order valence-corrected chi connectivity index (χ0v) is 9.14. The van der Waals surface area contributed by atoms with Gasteiger partial charge in [0.1, 0.15) is 5.75 Å². The lowest BCUT2D eigenvalue weighted by atomic mass is 10.1. The molecule has 0 aliphatic rings. The molecule has 0 aliphatic heterocycles. The van der Waals surface area contributed by atoms with Crippen molar-refractivity contribution < 1.29 is 24.2 Å². The van der Waals surface area contributed by atoms with Gasteiger partial charge in [0.2, 0.25) is 0 Å². The zero-order chi connectivity index (χ0) is 12.1. The molecule has 0 saturated heterocycles. The molecule has 0 fully saturated rings. The highest BCUT2D eigenvalue weighted by Crippen LogP contribution is 2.35. The molecule has 0 radical (unpaired) electrons. The fourth-order valence-corrected chi connectivity index (χ4v) is 1.29. The molecular weight excluding hydrogens is 213 g/mol. The summed E-state index contributed by atoms with van der Waals surface area (Å²) in [5, 5.41) is 17.6. The topological polar surface area (TPSA) is 94.2 Å². The Morgan fingerprint density at radius 2 is 1.94 bits per heavy atom. The Kier molecular flexibility index (Phi) is 4.42. The van der Waals surface area contributed by atoms with Crippen molar-refractivity contribution in [3.63, 3.8) is 0 Å². The monoisotopic (exact) mass is 227 g/mol. The van der Waals surface area contributed by atoms with Gasteiger partial charge in [0.15, 0.2) is 11.5 Å². The molecule has 16 heavy (non-hydrogen) atoms. The van der Waals surface area contributed by atoms with Gasteiger partial charge >= 0.3 is 7.32 Å². The second-order valence-corrected chi connectivity index (χ2v) is 2.97. The summed E-state index contributed by atoms with van der Waals surface area (Å²) < 4.78 is 14.9. The summed E-state index contributed by atoms with van der Waals surface area (Å²) >= 11 is 0. The maximum atomic E-state index is 8.78. The lowest BCUT2D eigenvalue weighted by Gasteiger charge is -2.15. The van der Waals surface area contributed by atoms with Crippen LogP contribution in [0.5, 0.6) is 17.2 Å². The number of ether oxygens (including phenoxy) is 2. The highest BCUT2D eigenvalue weighted by Gasteiger charge is 2.19. The molecule has 88 valence electrons. The summed E-state index contributed by atoms with van der Waals surface area (Å²) in [4.78, 5) is 0. The van der Waals surface area contributed by atoms with E-state index in [1.807, 2.05) is 0 Å². The molecule has 0 saturated carbocycles. The van der Waals surface area contributed by atoms with Gasteiger partial charge in [-0.2, -0.15) is 0 Å². The van der Waals surface area contributed by atoms with Gasteiger partial charge in [-0.1, -0.05) is 0 Å². The largest absolute Gasteiger partial charge is 0.707 e. The number of benzene rings is 1. The second kappa shape index (κ2) is 5.59. The maximum Gasteiger partial charge on any atom is 0.707 e. The molecule has 0 bridgehead atoms. The lowest BCUT2D eigenvalue weighted by molar-refractivity contribution is 0.277. The van der Waals surface area contributed by atoms with Crippen molar-refractivity contribution in [1.29, 1.82) is 0 Å². The van der Waals surface area contributed by atoms with Crippen LogP contribution in [0, 0.1) is 0 Å². The Morgan fingerprint density at radius 3 is 2.38 bits per heavy atom. The van der Waals surface area contributed by atoms with Gasteiger partial charge in [-0.15, -0.1) is 0 Å². The summed E-state index contributed by atoms with van der Waals surface area (Å²) in [6, 6.07) is 3.21. The fraction of sp³-hybridized carbons (Fsp3) is 0.333. The average molecular weight is 227 g/mol. The van der Waals surface area contributed by atoms with E-state index in [-0.39, 0.29) is 12.3 Å². The summed E-state index contributed by atoms with van der Waals surface area (Å²) in [5.74, 6) is 1.07. The van der Waals surface area contributed by atoms with Crippen LogP contribution in [0.15, 0.2) is 12.1 Å². The fourth-order valence-electron chi connectivity index (χ4n) is 1.29. The highest BCUT2D eigenvalue weighted by atomic mass is 16.6. The van der Waals surface area contributed by atoms with E-state index in [2.05, 4.69) is 0 Å². The standard InChI is InChI=1S/C9H14BNO5/c1-14-7-3-6(5-11)9(16-10(12)13)8(4-7)15-2/h3-4,12-13H,5,11H2,1-2H3. The summed E-state index contributed by atoms with van der Waals surface area (Å²) in [5.41, 5.74) is 6.08. The third-order valence-electron chi connectivity index (χ3n) is 2.00. The van der Waals surface area contributed by atoms with Gasteiger partial charge in [-0.05, 0) is 6.07 Å². The molecule has 1 aromatic carbocycles. The Hall–Kier alpha value is -1.44. The summed E-state index contributed by atoms with van der Waals surface area (Å²) in [7, 11) is 1.02. The predicted octanol–water partition coefficient (Wildman–Crippen LogP) is -0.489. The molecule has 7 heteroatoms. The molecule has 0 aromatic heterocycles. The van der Waals surface area contributed by atoms with Crippen molar-refractivity contribution in [1.82, 2.24) is 0 Å². The minimum absolute atomic E-state index is 0.162. The van der Waals surface area contributed by atoms with Crippen molar-refractivity contribution >= 4 is 7.32 Å². The van der Waals surface area contributed by atoms with Crippen LogP contribution in [0.1, 0.15) is 5.56 Å². The zero-order valence-electron chi connectivity index (χ0n) is 9.14. The van der Waals surface area contributed by atoms with E-state index in [1.165, 1.54) is 14.2 Å². The van der Waals surface area contributed by atoms with Gasteiger partial charge in [-0.3, -0.25) is 0 Å². The first-order valence-electron chi connectivity index (χ1n) is 4.60. The van der Waals surface area contributed by atoms with E-state index >= 15 is 0 Å². The Bertz CT molecular complexity index is 333. The highest BCUT2D eigenvalue weighted by molar-refractivity contribution is 6.33. The first kappa shape index (κ1) is 12.6. The molecular formula is C9H14BNO5. The second-order valence-electron chi connectivity index (χ2n) is 2.97. The lowest BCUT2D eigenvalue weighted by Crippen LogP contribution is -2.22. The minimum atomic E-state index is -1.92. The SMILES string of the molecule is COc1cc(CN)c(OB(O)O)c(OC)c1. The normalized spacial score (nSPS) is 9.81. The van der Waals surface area contributed by atoms with Gasteiger partial charge in [0, 0.05) is 18.2 Å². The van der Waals surface area contributed by atoms with Crippen molar-refractivity contribution in [2.75, 3.05) is 14.2 Å². The van der Waals surface area contributed by atoms with E-state index in [4.69, 9.17) is 29.9 Å². The van der Waals surface area contributed by atoms with Crippen LogP contribution in [-0.2, 0) is 6.54 Å². The van der Waals surface area contributed by atoms with Gasteiger partial charge in [-0.25, -0.2) is 0 Å². The van der Waals surface area contributed by atoms with Crippen LogP contribution in [0.4, 0.5) is 0 Å². The van der Waals surface area contributed by atoms with Crippen LogP contribution in [0.2, 0.25) is 0 Å². The number of nitrogens with two attached hydrogens (primary N) is 1. The molecule has 6 nitrogen and oxygen atoms in total. The molecule has 0 atom stereocenters. The van der Waals surface area contributed by atoms with Crippen LogP contribution in [0.3, 0.4) is 0 Å². The molecule has 0 heterocycles. The van der Waals surface area contributed by atoms with Crippen LogP contribution in [-0.4, -0.2) is 31.6 Å². The molecule has 1 rings (SSSR count). The first-order chi connectivity index (χ1) is 7.62. The Morgan fingerprint density at radius 1 is 1.25 bits per heavy atom. The minimum Gasteiger partial charge on any atom is -0.509 e. The number of methoxy groups -OCH3 is 2. The Labute approximate surface area is 93.7 Å². The van der Waals surface area contributed by atoms with Crippen molar-refractivity contribution in [3.8, 4) is 17.2 Å². The van der Waals surface area contributed by atoms with E-state index in [0.717, 1.165) is 0 Å². The molecule has 0 unspecified atom stereocenters. The molecule has 0 spiro atoms. The van der Waals surface area contributed by atoms with Crippen LogP contribution in [0.25, 0.3) is 0 Å². The van der Waals surface area contributed by atoms with Crippen molar-refractivity contribution in [2.24, 2.45) is 5.73 Å². The number of hydrogen-bond acceptors (Lipinski definition) is 6. The van der Waals surface area contributed by atoms with Crippen LogP contribution < -0.4 is 19.9 Å².